The van der Waals surface area contributed by atoms with Crippen molar-refractivity contribution in [3.8, 4) is 5.75 Å². The summed E-state index contributed by atoms with van der Waals surface area (Å²) < 4.78 is 5.60. The number of hydrogen-bond donors (Lipinski definition) is 1. The lowest BCUT2D eigenvalue weighted by Crippen LogP contribution is -2.08. The van der Waals surface area contributed by atoms with Crippen molar-refractivity contribution in [3.05, 3.63) is 24.0 Å². The van der Waals surface area contributed by atoms with Crippen molar-refractivity contribution in [2.45, 2.75) is 57.0 Å². The van der Waals surface area contributed by atoms with Gasteiger partial charge < -0.3 is 9.84 Å². The molecular weight excluding hydrogens is 258 g/mol. The minimum Gasteiger partial charge on any atom is -0.489 e. The van der Waals surface area contributed by atoms with E-state index in [0.717, 1.165) is 22.3 Å². The summed E-state index contributed by atoms with van der Waals surface area (Å²) in [6.45, 7) is 3.97. The number of aliphatic hydroxyl groups is 1. The van der Waals surface area contributed by atoms with Crippen molar-refractivity contribution in [2.75, 3.05) is 5.75 Å². The molecule has 1 saturated carbocycles. The summed E-state index contributed by atoms with van der Waals surface area (Å²) in [4.78, 5) is 4.14. The number of ether oxygens (including phenoxy) is 1. The Labute approximate surface area is 119 Å². The molecular formula is C15H23NO2S. The molecule has 1 aromatic heterocycles. The van der Waals surface area contributed by atoms with Gasteiger partial charge in [-0.25, -0.2) is 0 Å². The Bertz CT molecular complexity index is 391. The Kier molecular flexibility index (Phi) is 5.52. The second-order valence-corrected chi connectivity index (χ2v) is 6.71. The van der Waals surface area contributed by atoms with Gasteiger partial charge in [0.25, 0.3) is 0 Å². The van der Waals surface area contributed by atoms with Gasteiger partial charge in [-0.1, -0.05) is 12.8 Å². The summed E-state index contributed by atoms with van der Waals surface area (Å²) in [5.41, 5.74) is 0.851. The van der Waals surface area contributed by atoms with E-state index in [1.54, 1.807) is 12.4 Å². The molecule has 0 spiro atoms. The average molecular weight is 281 g/mol. The second-order valence-electron chi connectivity index (χ2n) is 5.38. The molecule has 0 saturated heterocycles. The van der Waals surface area contributed by atoms with Crippen molar-refractivity contribution in [1.82, 2.24) is 4.98 Å². The standard InChI is InChI=1S/C15H23NO2S/c1-11(2)18-13-7-12(8-16-9-13)15(17)10-19-14-5-3-4-6-14/h7-9,11,14-15,17H,3-6,10H2,1-2H3. The van der Waals surface area contributed by atoms with Gasteiger partial charge in [0.05, 0.1) is 18.4 Å². The van der Waals surface area contributed by atoms with Crippen LogP contribution in [0, 0.1) is 0 Å². The molecule has 1 N–H and O–H groups in total. The lowest BCUT2D eigenvalue weighted by Gasteiger charge is -2.15. The zero-order valence-corrected chi connectivity index (χ0v) is 12.5. The Morgan fingerprint density at radius 3 is 2.79 bits per heavy atom. The minimum atomic E-state index is -0.450. The van der Waals surface area contributed by atoms with Gasteiger partial charge in [-0.3, -0.25) is 4.98 Å². The van der Waals surface area contributed by atoms with Crippen LogP contribution in [0.1, 0.15) is 51.2 Å². The third-order valence-electron chi connectivity index (χ3n) is 3.28. The number of thioether (sulfide) groups is 1. The van der Waals surface area contributed by atoms with Crippen LogP contribution in [0.25, 0.3) is 0 Å². The van der Waals surface area contributed by atoms with E-state index in [1.165, 1.54) is 25.7 Å². The highest BCUT2D eigenvalue weighted by atomic mass is 32.2. The zero-order chi connectivity index (χ0) is 13.7. The van der Waals surface area contributed by atoms with Gasteiger partial charge >= 0.3 is 0 Å². The molecule has 0 amide bonds. The molecule has 106 valence electrons. The summed E-state index contributed by atoms with van der Waals surface area (Å²) in [5.74, 6) is 1.48. The number of pyridine rings is 1. The van der Waals surface area contributed by atoms with Gasteiger partial charge in [0, 0.05) is 22.8 Å². The highest BCUT2D eigenvalue weighted by Gasteiger charge is 2.18. The van der Waals surface area contributed by atoms with Crippen LogP contribution >= 0.6 is 11.8 Å². The molecule has 1 aliphatic carbocycles. The molecule has 1 aromatic rings. The molecule has 1 unspecified atom stereocenters. The van der Waals surface area contributed by atoms with Crippen molar-refractivity contribution < 1.29 is 9.84 Å². The lowest BCUT2D eigenvalue weighted by atomic mass is 10.2. The first-order chi connectivity index (χ1) is 9.15. The maximum absolute atomic E-state index is 10.2. The molecule has 3 nitrogen and oxygen atoms in total. The van der Waals surface area contributed by atoms with Gasteiger partial charge in [0.1, 0.15) is 5.75 Å². The van der Waals surface area contributed by atoms with E-state index < -0.39 is 6.10 Å². The Morgan fingerprint density at radius 1 is 1.37 bits per heavy atom. The van der Waals surface area contributed by atoms with E-state index >= 15 is 0 Å². The summed E-state index contributed by atoms with van der Waals surface area (Å²) in [6.07, 6.45) is 8.38. The topological polar surface area (TPSA) is 42.4 Å². The quantitative estimate of drug-likeness (QED) is 0.865. The first-order valence-corrected chi connectivity index (χ1v) is 8.11. The summed E-state index contributed by atoms with van der Waals surface area (Å²) >= 11 is 1.89. The number of hydrogen-bond acceptors (Lipinski definition) is 4. The van der Waals surface area contributed by atoms with Crippen molar-refractivity contribution in [2.24, 2.45) is 0 Å². The minimum absolute atomic E-state index is 0.127. The Hall–Kier alpha value is -0.740. The van der Waals surface area contributed by atoms with Crippen LogP contribution in [-0.4, -0.2) is 27.2 Å². The molecule has 19 heavy (non-hydrogen) atoms. The first kappa shape index (κ1) is 14.7. The van der Waals surface area contributed by atoms with Crippen LogP contribution in [0.3, 0.4) is 0 Å². The fourth-order valence-electron chi connectivity index (χ4n) is 2.33. The third-order valence-corrected chi connectivity index (χ3v) is 4.73. The summed E-state index contributed by atoms with van der Waals surface area (Å²) in [7, 11) is 0. The Morgan fingerprint density at radius 2 is 2.11 bits per heavy atom. The van der Waals surface area contributed by atoms with E-state index in [0.29, 0.717) is 0 Å². The SMILES string of the molecule is CC(C)Oc1cncc(C(O)CSC2CCCC2)c1. The summed E-state index contributed by atoms with van der Waals surface area (Å²) in [6, 6.07) is 1.90. The predicted octanol–water partition coefficient (Wildman–Crippen LogP) is 3.58. The largest absolute Gasteiger partial charge is 0.489 e. The van der Waals surface area contributed by atoms with Gasteiger partial charge in [-0.15, -0.1) is 0 Å². The maximum Gasteiger partial charge on any atom is 0.138 e. The van der Waals surface area contributed by atoms with Crippen LogP contribution in [0.5, 0.6) is 5.75 Å². The van der Waals surface area contributed by atoms with Crippen LogP contribution in [0.15, 0.2) is 18.5 Å². The van der Waals surface area contributed by atoms with E-state index in [9.17, 15) is 5.11 Å². The van der Waals surface area contributed by atoms with E-state index in [2.05, 4.69) is 4.98 Å². The fourth-order valence-corrected chi connectivity index (χ4v) is 3.65. The number of aliphatic hydroxyl groups excluding tert-OH is 1. The van der Waals surface area contributed by atoms with Crippen molar-refractivity contribution in [3.63, 3.8) is 0 Å². The smallest absolute Gasteiger partial charge is 0.138 e. The predicted molar refractivity (Wildman–Crippen MR) is 79.7 cm³/mol. The van der Waals surface area contributed by atoms with Crippen LogP contribution in [-0.2, 0) is 0 Å². The van der Waals surface area contributed by atoms with Gasteiger partial charge in [0.2, 0.25) is 0 Å². The molecule has 4 heteroatoms. The number of aromatic nitrogens is 1. The highest BCUT2D eigenvalue weighted by molar-refractivity contribution is 7.99. The number of nitrogens with zero attached hydrogens (tertiary/aromatic N) is 1. The monoisotopic (exact) mass is 281 g/mol. The first-order valence-electron chi connectivity index (χ1n) is 7.06. The number of rotatable bonds is 6. The normalized spacial score (nSPS) is 17.9. The van der Waals surface area contributed by atoms with Gasteiger partial charge in [0.15, 0.2) is 0 Å². The second kappa shape index (κ2) is 7.15. The maximum atomic E-state index is 10.2. The fraction of sp³-hybridized carbons (Fsp3) is 0.667. The molecule has 2 rings (SSSR count). The average Bonchev–Trinajstić information content (AvgIpc) is 2.88. The van der Waals surface area contributed by atoms with Gasteiger partial charge in [-0.05, 0) is 32.8 Å². The molecule has 0 aliphatic heterocycles. The van der Waals surface area contributed by atoms with Crippen LogP contribution in [0.4, 0.5) is 0 Å². The molecule has 0 radical (unpaired) electrons. The molecule has 1 aliphatic rings. The van der Waals surface area contributed by atoms with Crippen molar-refractivity contribution >= 4 is 11.8 Å². The summed E-state index contributed by atoms with van der Waals surface area (Å²) in [5, 5.41) is 11.0. The van der Waals surface area contributed by atoms with Crippen LogP contribution in [0.2, 0.25) is 0 Å². The zero-order valence-electron chi connectivity index (χ0n) is 11.7. The van der Waals surface area contributed by atoms with E-state index in [1.807, 2.05) is 31.7 Å². The van der Waals surface area contributed by atoms with Gasteiger partial charge in [-0.2, -0.15) is 11.8 Å². The lowest BCUT2D eigenvalue weighted by molar-refractivity contribution is 0.201. The van der Waals surface area contributed by atoms with E-state index in [-0.39, 0.29) is 6.10 Å². The van der Waals surface area contributed by atoms with E-state index in [4.69, 9.17) is 4.74 Å². The molecule has 0 aromatic carbocycles. The Balaban J connectivity index is 1.88. The molecule has 0 bridgehead atoms. The highest BCUT2D eigenvalue weighted by Crippen LogP contribution is 2.32. The third kappa shape index (κ3) is 4.69. The molecule has 1 fully saturated rings. The molecule has 1 atom stereocenters. The molecule has 1 heterocycles. The van der Waals surface area contributed by atoms with Crippen molar-refractivity contribution in [1.29, 1.82) is 0 Å². The van der Waals surface area contributed by atoms with Crippen LogP contribution < -0.4 is 4.74 Å².